The van der Waals surface area contributed by atoms with Crippen molar-refractivity contribution in [1.82, 2.24) is 9.88 Å². The summed E-state index contributed by atoms with van der Waals surface area (Å²) in [4.78, 5) is 18.5. The van der Waals surface area contributed by atoms with E-state index in [1.54, 1.807) is 11.7 Å². The summed E-state index contributed by atoms with van der Waals surface area (Å²) >= 11 is 7.20. The summed E-state index contributed by atoms with van der Waals surface area (Å²) in [5, 5.41) is 0. The number of halogens is 1. The van der Waals surface area contributed by atoms with Crippen molar-refractivity contribution in [2.24, 2.45) is 5.92 Å². The summed E-state index contributed by atoms with van der Waals surface area (Å²) in [5.74, 6) is 1.41. The Morgan fingerprint density at radius 3 is 2.87 bits per heavy atom. The van der Waals surface area contributed by atoms with Crippen molar-refractivity contribution in [3.05, 3.63) is 16.6 Å². The Kier molecular flexibility index (Phi) is 3.59. The number of nitrogens with zero attached hydrogens (tertiary/aromatic N) is 2. The monoisotopic (exact) mass is 244 g/mol. The number of amides is 1. The van der Waals surface area contributed by atoms with E-state index in [9.17, 15) is 4.79 Å². The van der Waals surface area contributed by atoms with Gasteiger partial charge in [-0.1, -0.05) is 0 Å². The third-order valence-corrected chi connectivity index (χ3v) is 3.96. The fourth-order valence-electron chi connectivity index (χ4n) is 1.77. The van der Waals surface area contributed by atoms with Crippen LogP contribution in [0.2, 0.25) is 0 Å². The second-order valence-corrected chi connectivity index (χ2v) is 4.95. The number of alkyl halides is 1. The van der Waals surface area contributed by atoms with E-state index in [1.807, 2.05) is 4.90 Å². The van der Waals surface area contributed by atoms with E-state index in [0.29, 0.717) is 11.8 Å². The van der Waals surface area contributed by atoms with Crippen molar-refractivity contribution < 1.29 is 4.79 Å². The highest BCUT2D eigenvalue weighted by atomic mass is 35.5. The molecule has 15 heavy (non-hydrogen) atoms. The van der Waals surface area contributed by atoms with Gasteiger partial charge in [0.25, 0.3) is 5.91 Å². The largest absolute Gasteiger partial charge is 0.338 e. The summed E-state index contributed by atoms with van der Waals surface area (Å²) in [5.41, 5.74) is 1.69. The van der Waals surface area contributed by atoms with Crippen LogP contribution in [0.3, 0.4) is 0 Å². The predicted octanol–water partition coefficient (Wildman–Crippen LogP) is 2.23. The molecule has 0 unspecified atom stereocenters. The van der Waals surface area contributed by atoms with Crippen LogP contribution in [0.1, 0.15) is 22.5 Å². The first-order chi connectivity index (χ1) is 7.31. The average molecular weight is 245 g/mol. The number of thiazole rings is 1. The first-order valence-corrected chi connectivity index (χ1v) is 6.46. The minimum Gasteiger partial charge on any atom is -0.338 e. The summed E-state index contributed by atoms with van der Waals surface area (Å²) in [7, 11) is 0. The molecule has 0 aliphatic carbocycles. The van der Waals surface area contributed by atoms with Gasteiger partial charge < -0.3 is 4.90 Å². The van der Waals surface area contributed by atoms with Crippen LogP contribution in [-0.2, 0) is 0 Å². The van der Waals surface area contributed by atoms with Crippen molar-refractivity contribution in [3.8, 4) is 0 Å². The Morgan fingerprint density at radius 1 is 1.60 bits per heavy atom. The topological polar surface area (TPSA) is 33.2 Å². The average Bonchev–Trinajstić information content (AvgIpc) is 2.82. The van der Waals surface area contributed by atoms with E-state index in [0.717, 1.165) is 30.8 Å². The first-order valence-electron chi connectivity index (χ1n) is 5.05. The Balaban J connectivity index is 1.93. The van der Waals surface area contributed by atoms with E-state index in [4.69, 9.17) is 11.6 Å². The number of carbonyl (C=O) groups is 1. The van der Waals surface area contributed by atoms with E-state index < -0.39 is 0 Å². The fourth-order valence-corrected chi connectivity index (χ4v) is 2.66. The molecule has 0 spiro atoms. The minimum atomic E-state index is 0.116. The lowest BCUT2D eigenvalue weighted by molar-refractivity contribution is 0.0703. The highest BCUT2D eigenvalue weighted by Crippen LogP contribution is 2.20. The third-order valence-electron chi connectivity index (χ3n) is 2.76. The highest BCUT2D eigenvalue weighted by Gasteiger charge is 2.23. The van der Waals surface area contributed by atoms with E-state index >= 15 is 0 Å². The van der Waals surface area contributed by atoms with Crippen molar-refractivity contribution in [3.63, 3.8) is 0 Å². The number of likely N-dealkylation sites (tertiary alicyclic amines) is 1. The molecule has 0 N–H and O–H groups in total. The van der Waals surface area contributed by atoms with Crippen LogP contribution in [-0.4, -0.2) is 34.8 Å². The molecule has 1 aromatic heterocycles. The Labute approximate surface area is 98.1 Å². The van der Waals surface area contributed by atoms with Gasteiger partial charge in [-0.05, 0) is 18.8 Å². The standard InChI is InChI=1S/C10H13ClN2OS/c11-5-8-1-3-13(4-2-8)10(14)9-6-12-7-15-9/h6-8H,1-5H2. The summed E-state index contributed by atoms with van der Waals surface area (Å²) in [6, 6.07) is 0. The normalized spacial score (nSPS) is 18.1. The summed E-state index contributed by atoms with van der Waals surface area (Å²) in [6.45, 7) is 1.65. The van der Waals surface area contributed by atoms with E-state index in [-0.39, 0.29) is 5.91 Å². The van der Waals surface area contributed by atoms with Gasteiger partial charge in [0, 0.05) is 19.0 Å². The smallest absolute Gasteiger partial charge is 0.265 e. The van der Waals surface area contributed by atoms with Crippen LogP contribution < -0.4 is 0 Å². The minimum absolute atomic E-state index is 0.116. The van der Waals surface area contributed by atoms with Crippen LogP contribution in [0.5, 0.6) is 0 Å². The second kappa shape index (κ2) is 4.94. The molecule has 1 amide bonds. The molecule has 1 aromatic rings. The number of aromatic nitrogens is 1. The van der Waals surface area contributed by atoms with Gasteiger partial charge in [-0.15, -0.1) is 22.9 Å². The number of hydrogen-bond donors (Lipinski definition) is 0. The van der Waals surface area contributed by atoms with Gasteiger partial charge in [-0.3, -0.25) is 9.78 Å². The second-order valence-electron chi connectivity index (χ2n) is 3.76. The number of rotatable bonds is 2. The van der Waals surface area contributed by atoms with Crippen molar-refractivity contribution in [1.29, 1.82) is 0 Å². The van der Waals surface area contributed by atoms with Gasteiger partial charge in [0.05, 0.1) is 11.7 Å². The quantitative estimate of drug-likeness (QED) is 0.748. The fraction of sp³-hybridized carbons (Fsp3) is 0.600. The van der Waals surface area contributed by atoms with Crippen molar-refractivity contribution in [2.75, 3.05) is 19.0 Å². The molecule has 0 saturated carbocycles. The third kappa shape index (κ3) is 2.49. The molecule has 1 fully saturated rings. The molecule has 0 atom stereocenters. The number of carbonyl (C=O) groups excluding carboxylic acids is 1. The van der Waals surface area contributed by atoms with Gasteiger partial charge in [0.2, 0.25) is 0 Å². The number of piperidine rings is 1. The molecular weight excluding hydrogens is 232 g/mol. The molecule has 1 aliphatic rings. The zero-order chi connectivity index (χ0) is 10.7. The Bertz CT molecular complexity index is 320. The van der Waals surface area contributed by atoms with Crippen LogP contribution in [0.15, 0.2) is 11.7 Å². The molecule has 0 aromatic carbocycles. The molecule has 0 radical (unpaired) electrons. The SMILES string of the molecule is O=C(c1cncs1)N1CCC(CCl)CC1. The summed E-state index contributed by atoms with van der Waals surface area (Å²) < 4.78 is 0. The molecule has 2 heterocycles. The molecule has 3 nitrogen and oxygen atoms in total. The maximum atomic E-state index is 11.9. The van der Waals surface area contributed by atoms with Gasteiger partial charge in [0.1, 0.15) is 4.88 Å². The van der Waals surface area contributed by atoms with Crippen molar-refractivity contribution in [2.45, 2.75) is 12.8 Å². The van der Waals surface area contributed by atoms with E-state index in [1.165, 1.54) is 11.3 Å². The number of hydrogen-bond acceptors (Lipinski definition) is 3. The van der Waals surface area contributed by atoms with Gasteiger partial charge in [-0.2, -0.15) is 0 Å². The molecule has 1 saturated heterocycles. The summed E-state index contributed by atoms with van der Waals surface area (Å²) in [6.07, 6.45) is 3.68. The predicted molar refractivity (Wildman–Crippen MR) is 61.5 cm³/mol. The van der Waals surface area contributed by atoms with E-state index in [2.05, 4.69) is 4.98 Å². The molecule has 2 rings (SSSR count). The van der Waals surface area contributed by atoms with Crippen molar-refractivity contribution >= 4 is 28.8 Å². The van der Waals surface area contributed by atoms with Gasteiger partial charge in [-0.25, -0.2) is 0 Å². The molecular formula is C10H13ClN2OS. The molecule has 5 heteroatoms. The van der Waals surface area contributed by atoms with Crippen LogP contribution >= 0.6 is 22.9 Å². The Morgan fingerprint density at radius 2 is 2.33 bits per heavy atom. The maximum Gasteiger partial charge on any atom is 0.265 e. The lowest BCUT2D eigenvalue weighted by Crippen LogP contribution is -2.38. The van der Waals surface area contributed by atoms with Crippen LogP contribution in [0, 0.1) is 5.92 Å². The first kappa shape index (κ1) is 10.9. The Hall–Kier alpha value is -0.610. The van der Waals surface area contributed by atoms with Gasteiger partial charge in [0.15, 0.2) is 0 Å². The molecule has 82 valence electrons. The molecule has 0 bridgehead atoms. The zero-order valence-corrected chi connectivity index (χ0v) is 9.93. The van der Waals surface area contributed by atoms with Crippen LogP contribution in [0.25, 0.3) is 0 Å². The molecule has 1 aliphatic heterocycles. The lowest BCUT2D eigenvalue weighted by atomic mass is 9.99. The highest BCUT2D eigenvalue weighted by molar-refractivity contribution is 7.11. The van der Waals surface area contributed by atoms with Gasteiger partial charge >= 0.3 is 0 Å². The maximum absolute atomic E-state index is 11.9. The zero-order valence-electron chi connectivity index (χ0n) is 8.36. The van der Waals surface area contributed by atoms with Crippen LogP contribution in [0.4, 0.5) is 0 Å². The lowest BCUT2D eigenvalue weighted by Gasteiger charge is -2.30.